The molecule has 5 heteroatoms. The topological polar surface area (TPSA) is 70.2 Å². The highest BCUT2D eigenvalue weighted by atomic mass is 16.2. The van der Waals surface area contributed by atoms with Crippen molar-refractivity contribution in [2.24, 2.45) is 0 Å². The maximum atomic E-state index is 11.8. The van der Waals surface area contributed by atoms with Crippen LogP contribution in [0.25, 0.3) is 0 Å². The highest BCUT2D eigenvalue weighted by molar-refractivity contribution is 5.95. The van der Waals surface area contributed by atoms with E-state index in [-0.39, 0.29) is 24.4 Å². The van der Waals surface area contributed by atoms with Crippen LogP contribution >= 0.6 is 0 Å². The van der Waals surface area contributed by atoms with Crippen LogP contribution in [0.15, 0.2) is 60.7 Å². The number of carbonyl (C=O) groups is 2. The molecule has 0 bridgehead atoms. The number of benzene rings is 2. The van der Waals surface area contributed by atoms with Crippen molar-refractivity contribution < 1.29 is 9.59 Å². The van der Waals surface area contributed by atoms with E-state index >= 15 is 0 Å². The number of hydrogen-bond acceptors (Lipinski definition) is 3. The first-order chi connectivity index (χ1) is 10.7. The second-order valence-corrected chi connectivity index (χ2v) is 4.88. The fourth-order valence-electron chi connectivity index (χ4n) is 1.94. The van der Waals surface area contributed by atoms with Gasteiger partial charge in [0.05, 0.1) is 6.54 Å². The second kappa shape index (κ2) is 7.95. The summed E-state index contributed by atoms with van der Waals surface area (Å²) in [5.41, 5.74) is 6.36. The first-order valence-electron chi connectivity index (χ1n) is 7.09. The third-order valence-electron chi connectivity index (χ3n) is 3.22. The lowest BCUT2D eigenvalue weighted by Gasteiger charge is -2.14. The zero-order valence-corrected chi connectivity index (χ0v) is 12.4. The Labute approximate surface area is 129 Å². The maximum absolute atomic E-state index is 11.8. The van der Waals surface area contributed by atoms with E-state index in [1.54, 1.807) is 24.3 Å². The quantitative estimate of drug-likeness (QED) is 0.737. The van der Waals surface area contributed by atoms with Gasteiger partial charge in [0.15, 0.2) is 0 Å². The molecule has 0 saturated heterocycles. The molecule has 2 aromatic carbocycles. The van der Waals surface area contributed by atoms with Crippen molar-refractivity contribution in [2.45, 2.75) is 13.0 Å². The van der Waals surface area contributed by atoms with Gasteiger partial charge in [0, 0.05) is 11.6 Å². The zero-order chi connectivity index (χ0) is 15.8. The number of carbonyl (C=O) groups excluding carboxylic acids is 2. The molecule has 0 aromatic heterocycles. The summed E-state index contributed by atoms with van der Waals surface area (Å²) in [6.45, 7) is 2.09. The van der Waals surface area contributed by atoms with Crippen molar-refractivity contribution in [1.82, 2.24) is 16.2 Å². The van der Waals surface area contributed by atoms with Crippen LogP contribution in [-0.4, -0.2) is 18.4 Å². The van der Waals surface area contributed by atoms with Gasteiger partial charge in [0.1, 0.15) is 0 Å². The van der Waals surface area contributed by atoms with Gasteiger partial charge in [-0.25, -0.2) is 0 Å². The van der Waals surface area contributed by atoms with Gasteiger partial charge in [0.2, 0.25) is 0 Å². The molecule has 2 rings (SSSR count). The fourth-order valence-corrected chi connectivity index (χ4v) is 1.94. The molecule has 0 fully saturated rings. The zero-order valence-electron chi connectivity index (χ0n) is 12.4. The predicted octanol–water partition coefficient (Wildman–Crippen LogP) is 1.80. The van der Waals surface area contributed by atoms with Crippen LogP contribution in [0.4, 0.5) is 0 Å². The molecule has 114 valence electrons. The molecule has 3 N–H and O–H groups in total. The van der Waals surface area contributed by atoms with Crippen LogP contribution in [-0.2, 0) is 4.79 Å². The van der Waals surface area contributed by atoms with E-state index < -0.39 is 0 Å². The van der Waals surface area contributed by atoms with Crippen molar-refractivity contribution >= 4 is 11.8 Å². The predicted molar refractivity (Wildman–Crippen MR) is 84.9 cm³/mol. The fraction of sp³-hybridized carbons (Fsp3) is 0.176. The third kappa shape index (κ3) is 4.71. The molecule has 0 aliphatic heterocycles. The lowest BCUT2D eigenvalue weighted by atomic mass is 10.1. The summed E-state index contributed by atoms with van der Waals surface area (Å²) in [5.74, 6) is -0.642. The van der Waals surface area contributed by atoms with Crippen molar-refractivity contribution in [3.05, 3.63) is 71.8 Å². The third-order valence-corrected chi connectivity index (χ3v) is 3.22. The minimum Gasteiger partial charge on any atom is -0.302 e. The van der Waals surface area contributed by atoms with Gasteiger partial charge >= 0.3 is 0 Å². The van der Waals surface area contributed by atoms with Gasteiger partial charge in [-0.1, -0.05) is 48.5 Å². The lowest BCUT2D eigenvalue weighted by Crippen LogP contribution is -2.45. The molecule has 2 amide bonds. The summed E-state index contributed by atoms with van der Waals surface area (Å²) in [5, 5.41) is 3.10. The van der Waals surface area contributed by atoms with Gasteiger partial charge in [0.25, 0.3) is 11.8 Å². The molecular formula is C17H19N3O2. The molecule has 0 spiro atoms. The molecule has 0 unspecified atom stereocenters. The Balaban J connectivity index is 1.73. The molecule has 1 atom stereocenters. The standard InChI is InChI=1S/C17H19N3O2/c1-13(14-8-4-2-5-9-14)18-12-16(21)19-20-17(22)15-10-6-3-7-11-15/h2-11,13,18H,12H2,1H3,(H,19,21)(H,20,22)/t13-/m1/s1. The monoisotopic (exact) mass is 297 g/mol. The van der Waals surface area contributed by atoms with Crippen molar-refractivity contribution in [3.8, 4) is 0 Å². The van der Waals surface area contributed by atoms with Gasteiger partial charge in [-0.15, -0.1) is 0 Å². The molecule has 0 saturated carbocycles. The van der Waals surface area contributed by atoms with Crippen molar-refractivity contribution in [2.75, 3.05) is 6.54 Å². The van der Waals surface area contributed by atoms with Gasteiger partial charge in [-0.2, -0.15) is 0 Å². The molecule has 22 heavy (non-hydrogen) atoms. The Morgan fingerprint density at radius 2 is 1.50 bits per heavy atom. The molecular weight excluding hydrogens is 278 g/mol. The van der Waals surface area contributed by atoms with E-state index in [0.717, 1.165) is 5.56 Å². The Bertz CT molecular complexity index is 614. The van der Waals surface area contributed by atoms with Crippen LogP contribution in [0.5, 0.6) is 0 Å². The number of hydrazine groups is 1. The lowest BCUT2D eigenvalue weighted by molar-refractivity contribution is -0.121. The van der Waals surface area contributed by atoms with E-state index in [1.165, 1.54) is 0 Å². The number of amides is 2. The van der Waals surface area contributed by atoms with Crippen LogP contribution in [0.3, 0.4) is 0 Å². The summed E-state index contributed by atoms with van der Waals surface area (Å²) < 4.78 is 0. The van der Waals surface area contributed by atoms with E-state index in [0.29, 0.717) is 5.56 Å². The first-order valence-corrected chi connectivity index (χ1v) is 7.09. The van der Waals surface area contributed by atoms with Crippen molar-refractivity contribution in [3.63, 3.8) is 0 Å². The van der Waals surface area contributed by atoms with Gasteiger partial charge < -0.3 is 5.32 Å². The SMILES string of the molecule is C[C@@H](NCC(=O)NNC(=O)c1ccccc1)c1ccccc1. The van der Waals surface area contributed by atoms with E-state index in [2.05, 4.69) is 16.2 Å². The summed E-state index contributed by atoms with van der Waals surface area (Å²) in [7, 11) is 0. The van der Waals surface area contributed by atoms with Gasteiger partial charge in [-0.3, -0.25) is 20.4 Å². The van der Waals surface area contributed by atoms with Crippen molar-refractivity contribution in [1.29, 1.82) is 0 Å². The Kier molecular flexibility index (Phi) is 5.68. The highest BCUT2D eigenvalue weighted by Gasteiger charge is 2.09. The second-order valence-electron chi connectivity index (χ2n) is 4.88. The van der Waals surface area contributed by atoms with E-state index in [4.69, 9.17) is 0 Å². The summed E-state index contributed by atoms with van der Waals surface area (Å²) in [6, 6.07) is 18.6. The van der Waals surface area contributed by atoms with Gasteiger partial charge in [-0.05, 0) is 24.6 Å². The maximum Gasteiger partial charge on any atom is 0.269 e. The molecule has 0 aliphatic rings. The Hall–Kier alpha value is -2.66. The Morgan fingerprint density at radius 3 is 2.14 bits per heavy atom. The van der Waals surface area contributed by atoms with Crippen LogP contribution < -0.4 is 16.2 Å². The first kappa shape index (κ1) is 15.7. The molecule has 0 aliphatic carbocycles. The van der Waals surface area contributed by atoms with Crippen LogP contribution in [0.1, 0.15) is 28.9 Å². The largest absolute Gasteiger partial charge is 0.302 e. The minimum atomic E-state index is -0.343. The normalized spacial score (nSPS) is 11.5. The Morgan fingerprint density at radius 1 is 0.909 bits per heavy atom. The minimum absolute atomic E-state index is 0.0526. The average molecular weight is 297 g/mol. The van der Waals surface area contributed by atoms with Crippen LogP contribution in [0, 0.1) is 0 Å². The number of rotatable bonds is 5. The molecule has 5 nitrogen and oxygen atoms in total. The smallest absolute Gasteiger partial charge is 0.269 e. The van der Waals surface area contributed by atoms with Crippen LogP contribution in [0.2, 0.25) is 0 Å². The highest BCUT2D eigenvalue weighted by Crippen LogP contribution is 2.10. The summed E-state index contributed by atoms with van der Waals surface area (Å²) >= 11 is 0. The number of nitrogens with one attached hydrogen (secondary N) is 3. The summed E-state index contributed by atoms with van der Waals surface area (Å²) in [4.78, 5) is 23.5. The number of hydrogen-bond donors (Lipinski definition) is 3. The molecule has 0 radical (unpaired) electrons. The average Bonchev–Trinajstić information content (AvgIpc) is 2.59. The summed E-state index contributed by atoms with van der Waals surface area (Å²) in [6.07, 6.45) is 0. The van der Waals surface area contributed by atoms with E-state index in [9.17, 15) is 9.59 Å². The molecule has 2 aromatic rings. The molecule has 0 heterocycles. The van der Waals surface area contributed by atoms with E-state index in [1.807, 2.05) is 43.3 Å².